The van der Waals surface area contributed by atoms with Gasteiger partial charge in [0.05, 0.1) is 5.69 Å². The van der Waals surface area contributed by atoms with Crippen molar-refractivity contribution in [3.05, 3.63) is 52.8 Å². The van der Waals surface area contributed by atoms with Gasteiger partial charge in [0.25, 0.3) is 0 Å². The molecule has 0 spiro atoms. The molecule has 112 valence electrons. The number of nitrogens with zero attached hydrogens (tertiary/aromatic N) is 1. The van der Waals surface area contributed by atoms with Crippen molar-refractivity contribution in [3.8, 4) is 5.75 Å². The van der Waals surface area contributed by atoms with Crippen LogP contribution in [0.15, 0.2) is 30.5 Å². The molecule has 1 aromatic carbocycles. The number of pyridine rings is 1. The van der Waals surface area contributed by atoms with Crippen LogP contribution in [0.25, 0.3) is 0 Å². The predicted octanol–water partition coefficient (Wildman–Crippen LogP) is 4.37. The highest BCUT2D eigenvalue weighted by molar-refractivity contribution is 5.53. The van der Waals surface area contributed by atoms with E-state index in [-0.39, 0.29) is 0 Å². The summed E-state index contributed by atoms with van der Waals surface area (Å²) in [6.45, 7) is 8.83. The van der Waals surface area contributed by atoms with Crippen molar-refractivity contribution in [3.63, 3.8) is 0 Å². The van der Waals surface area contributed by atoms with Crippen LogP contribution in [0.2, 0.25) is 0 Å². The summed E-state index contributed by atoms with van der Waals surface area (Å²) in [5.41, 5.74) is 11.1. The third-order valence-corrected chi connectivity index (χ3v) is 4.11. The summed E-state index contributed by atoms with van der Waals surface area (Å²) in [4.78, 5) is 4.41. The van der Waals surface area contributed by atoms with Crippen LogP contribution in [0.3, 0.4) is 0 Å². The van der Waals surface area contributed by atoms with E-state index in [0.29, 0.717) is 12.5 Å². The van der Waals surface area contributed by atoms with Crippen molar-refractivity contribution in [2.24, 2.45) is 0 Å². The van der Waals surface area contributed by atoms with Gasteiger partial charge in [0.1, 0.15) is 12.4 Å². The molecular formula is C18H24N2O. The number of aryl methyl sites for hydroxylation is 1. The van der Waals surface area contributed by atoms with Crippen molar-refractivity contribution < 1.29 is 4.74 Å². The highest BCUT2D eigenvalue weighted by atomic mass is 16.5. The van der Waals surface area contributed by atoms with Crippen molar-refractivity contribution in [1.82, 2.24) is 4.98 Å². The van der Waals surface area contributed by atoms with Gasteiger partial charge in [0, 0.05) is 11.9 Å². The molecule has 2 aromatic rings. The number of nitrogens with two attached hydrogens (primary N) is 1. The van der Waals surface area contributed by atoms with Crippen LogP contribution >= 0.6 is 0 Å². The molecule has 0 amide bonds. The van der Waals surface area contributed by atoms with Crippen molar-refractivity contribution in [2.45, 2.75) is 46.6 Å². The largest absolute Gasteiger partial charge is 0.487 e. The first-order valence-corrected chi connectivity index (χ1v) is 7.46. The molecule has 1 atom stereocenters. The average Bonchev–Trinajstić information content (AvgIpc) is 2.52. The van der Waals surface area contributed by atoms with Gasteiger partial charge < -0.3 is 10.5 Å². The third kappa shape index (κ3) is 3.54. The fourth-order valence-electron chi connectivity index (χ4n) is 2.22. The molecule has 0 saturated heterocycles. The number of hydrogen-bond acceptors (Lipinski definition) is 3. The number of nitrogen functional groups attached to an aromatic ring is 1. The second kappa shape index (κ2) is 6.61. The Morgan fingerprint density at radius 3 is 2.48 bits per heavy atom. The standard InChI is InChI=1S/C18H24N2O/c1-5-12(2)15-6-8-16(9-7-15)21-11-17-14(4)18(19)13(3)10-20-17/h6-10,12H,5,11H2,1-4H3,(H2,19,20). The first kappa shape index (κ1) is 15.4. The number of rotatable bonds is 5. The number of aromatic nitrogens is 1. The summed E-state index contributed by atoms with van der Waals surface area (Å²) in [7, 11) is 0. The summed E-state index contributed by atoms with van der Waals surface area (Å²) >= 11 is 0. The van der Waals surface area contributed by atoms with E-state index in [1.807, 2.05) is 26.0 Å². The Morgan fingerprint density at radius 1 is 1.19 bits per heavy atom. The van der Waals surface area contributed by atoms with Crippen LogP contribution in [-0.2, 0) is 6.61 Å². The number of ether oxygens (including phenoxy) is 1. The maximum Gasteiger partial charge on any atom is 0.131 e. The van der Waals surface area contributed by atoms with Crippen molar-refractivity contribution >= 4 is 5.69 Å². The first-order chi connectivity index (χ1) is 10.0. The predicted molar refractivity (Wildman–Crippen MR) is 87.6 cm³/mol. The van der Waals surface area contributed by atoms with Crippen LogP contribution in [0.1, 0.15) is 48.6 Å². The molecule has 0 fully saturated rings. The van der Waals surface area contributed by atoms with Gasteiger partial charge in [-0.25, -0.2) is 0 Å². The second-order valence-corrected chi connectivity index (χ2v) is 5.59. The smallest absolute Gasteiger partial charge is 0.131 e. The minimum Gasteiger partial charge on any atom is -0.487 e. The van der Waals surface area contributed by atoms with Gasteiger partial charge in [-0.1, -0.05) is 26.0 Å². The molecule has 0 aliphatic carbocycles. The molecule has 0 aliphatic heterocycles. The maximum absolute atomic E-state index is 6.02. The van der Waals surface area contributed by atoms with Gasteiger partial charge in [0.15, 0.2) is 0 Å². The molecule has 0 aliphatic rings. The zero-order valence-corrected chi connectivity index (χ0v) is 13.3. The van der Waals surface area contributed by atoms with Gasteiger partial charge in [0.2, 0.25) is 0 Å². The molecule has 0 saturated carbocycles. The molecule has 1 heterocycles. The van der Waals surface area contributed by atoms with E-state index in [1.54, 1.807) is 6.20 Å². The van der Waals surface area contributed by atoms with Gasteiger partial charge in [-0.15, -0.1) is 0 Å². The fraction of sp³-hybridized carbons (Fsp3) is 0.389. The summed E-state index contributed by atoms with van der Waals surface area (Å²) in [6, 6.07) is 8.31. The molecular weight excluding hydrogens is 260 g/mol. The van der Waals surface area contributed by atoms with Gasteiger partial charge in [-0.2, -0.15) is 0 Å². The van der Waals surface area contributed by atoms with Gasteiger partial charge in [-0.05, 0) is 55.0 Å². The normalized spacial score (nSPS) is 12.2. The van der Waals surface area contributed by atoms with E-state index in [1.165, 1.54) is 5.56 Å². The zero-order valence-electron chi connectivity index (χ0n) is 13.3. The van der Waals surface area contributed by atoms with E-state index < -0.39 is 0 Å². The fourth-order valence-corrected chi connectivity index (χ4v) is 2.22. The summed E-state index contributed by atoms with van der Waals surface area (Å²) < 4.78 is 5.82. The third-order valence-electron chi connectivity index (χ3n) is 4.11. The summed E-state index contributed by atoms with van der Waals surface area (Å²) in [5.74, 6) is 1.45. The molecule has 2 N–H and O–H groups in total. The highest BCUT2D eigenvalue weighted by Crippen LogP contribution is 2.23. The molecule has 1 aromatic heterocycles. The van der Waals surface area contributed by atoms with Crippen LogP contribution in [-0.4, -0.2) is 4.98 Å². The molecule has 21 heavy (non-hydrogen) atoms. The highest BCUT2D eigenvalue weighted by Gasteiger charge is 2.07. The molecule has 0 bridgehead atoms. The van der Waals surface area contributed by atoms with Gasteiger partial charge in [-0.3, -0.25) is 4.98 Å². The number of anilines is 1. The van der Waals surface area contributed by atoms with E-state index >= 15 is 0 Å². The van der Waals surface area contributed by atoms with E-state index in [0.717, 1.165) is 34.7 Å². The monoisotopic (exact) mass is 284 g/mol. The van der Waals surface area contributed by atoms with Crippen molar-refractivity contribution in [1.29, 1.82) is 0 Å². The zero-order chi connectivity index (χ0) is 15.4. The van der Waals surface area contributed by atoms with Gasteiger partial charge >= 0.3 is 0 Å². The molecule has 1 unspecified atom stereocenters. The Balaban J connectivity index is 2.05. The molecule has 3 heteroatoms. The maximum atomic E-state index is 6.02. The lowest BCUT2D eigenvalue weighted by molar-refractivity contribution is 0.300. The van der Waals surface area contributed by atoms with Crippen LogP contribution in [0, 0.1) is 13.8 Å². The average molecular weight is 284 g/mol. The Hall–Kier alpha value is -2.03. The Bertz CT molecular complexity index is 605. The summed E-state index contributed by atoms with van der Waals surface area (Å²) in [6.07, 6.45) is 2.94. The van der Waals surface area contributed by atoms with Crippen LogP contribution in [0.5, 0.6) is 5.75 Å². The van der Waals surface area contributed by atoms with E-state index in [2.05, 4.69) is 31.0 Å². The minimum atomic E-state index is 0.443. The molecule has 0 radical (unpaired) electrons. The topological polar surface area (TPSA) is 48.1 Å². The second-order valence-electron chi connectivity index (χ2n) is 5.59. The number of hydrogen-bond donors (Lipinski definition) is 1. The molecule has 2 rings (SSSR count). The van der Waals surface area contributed by atoms with Crippen LogP contribution in [0.4, 0.5) is 5.69 Å². The lowest BCUT2D eigenvalue weighted by atomic mass is 9.99. The van der Waals surface area contributed by atoms with E-state index in [9.17, 15) is 0 Å². The number of benzene rings is 1. The van der Waals surface area contributed by atoms with Crippen molar-refractivity contribution in [2.75, 3.05) is 5.73 Å². The van der Waals surface area contributed by atoms with E-state index in [4.69, 9.17) is 10.5 Å². The Labute approximate surface area is 127 Å². The summed E-state index contributed by atoms with van der Waals surface area (Å²) in [5, 5.41) is 0. The first-order valence-electron chi connectivity index (χ1n) is 7.46. The SMILES string of the molecule is CCC(C)c1ccc(OCc2ncc(C)c(N)c2C)cc1. The lowest BCUT2D eigenvalue weighted by Gasteiger charge is -2.12. The molecule has 3 nitrogen and oxygen atoms in total. The minimum absolute atomic E-state index is 0.443. The lowest BCUT2D eigenvalue weighted by Crippen LogP contribution is -2.05. The van der Waals surface area contributed by atoms with Crippen LogP contribution < -0.4 is 10.5 Å². The Morgan fingerprint density at radius 2 is 1.86 bits per heavy atom. The quantitative estimate of drug-likeness (QED) is 0.886. The Kier molecular flexibility index (Phi) is 4.84.